The molecule has 148 valence electrons. The Morgan fingerprint density at radius 1 is 1.21 bits per heavy atom. The minimum atomic E-state index is -0.787. The fourth-order valence-electron chi connectivity index (χ4n) is 3.00. The van der Waals surface area contributed by atoms with Crippen LogP contribution in [0.15, 0.2) is 34.4 Å². The van der Waals surface area contributed by atoms with E-state index in [0.29, 0.717) is 22.6 Å². The third kappa shape index (κ3) is 3.79. The lowest BCUT2D eigenvalue weighted by molar-refractivity contribution is -0.148. The third-order valence-electron chi connectivity index (χ3n) is 4.48. The number of nitrogens with zero attached hydrogens (tertiary/aromatic N) is 2. The Morgan fingerprint density at radius 2 is 1.93 bits per heavy atom. The molecule has 3 aromatic rings. The van der Waals surface area contributed by atoms with E-state index in [-0.39, 0.29) is 12.2 Å². The lowest BCUT2D eigenvalue weighted by atomic mass is 10.1. The molecule has 0 amide bonds. The van der Waals surface area contributed by atoms with E-state index in [1.54, 1.807) is 21.0 Å². The SMILES string of the molecule is COCCOC(=O)C(C)n1c(C)nc2scc(-c3ccc(OC)cc3)c2c1=O. The molecular formula is C20H22N2O5S. The summed E-state index contributed by atoms with van der Waals surface area (Å²) in [5.74, 6) is 0.712. The van der Waals surface area contributed by atoms with Gasteiger partial charge in [-0.05, 0) is 31.5 Å². The number of esters is 1. The lowest BCUT2D eigenvalue weighted by Crippen LogP contribution is -2.32. The number of aromatic nitrogens is 2. The number of carbonyl (C=O) groups is 1. The van der Waals surface area contributed by atoms with E-state index in [2.05, 4.69) is 4.98 Å². The van der Waals surface area contributed by atoms with E-state index in [1.807, 2.05) is 29.6 Å². The van der Waals surface area contributed by atoms with E-state index in [0.717, 1.165) is 16.9 Å². The van der Waals surface area contributed by atoms with Gasteiger partial charge in [-0.1, -0.05) is 12.1 Å². The van der Waals surface area contributed by atoms with Gasteiger partial charge in [-0.15, -0.1) is 11.3 Å². The van der Waals surface area contributed by atoms with Crippen molar-refractivity contribution in [1.82, 2.24) is 9.55 Å². The van der Waals surface area contributed by atoms with Crippen molar-refractivity contribution in [2.75, 3.05) is 27.4 Å². The van der Waals surface area contributed by atoms with Crippen LogP contribution in [0.5, 0.6) is 5.75 Å². The number of hydrogen-bond acceptors (Lipinski definition) is 7. The van der Waals surface area contributed by atoms with Gasteiger partial charge in [0.25, 0.3) is 5.56 Å². The standard InChI is InChI=1S/C20H22N2O5S/c1-12(20(24)27-10-9-25-3)22-13(2)21-18-17(19(22)23)16(11-28-18)14-5-7-15(26-4)8-6-14/h5-8,11-12H,9-10H2,1-4H3. The average Bonchev–Trinajstić information content (AvgIpc) is 3.12. The van der Waals surface area contributed by atoms with Crippen molar-refractivity contribution in [2.45, 2.75) is 19.9 Å². The predicted molar refractivity (Wildman–Crippen MR) is 108 cm³/mol. The number of hydrogen-bond donors (Lipinski definition) is 0. The molecule has 1 unspecified atom stereocenters. The maximum atomic E-state index is 13.3. The Labute approximate surface area is 166 Å². The first-order valence-electron chi connectivity index (χ1n) is 8.78. The van der Waals surface area contributed by atoms with Crippen LogP contribution in [0.2, 0.25) is 0 Å². The van der Waals surface area contributed by atoms with Gasteiger partial charge in [0.2, 0.25) is 0 Å². The summed E-state index contributed by atoms with van der Waals surface area (Å²) in [6.45, 7) is 3.79. The second-order valence-corrected chi connectivity index (χ2v) is 7.09. The van der Waals surface area contributed by atoms with E-state index in [9.17, 15) is 9.59 Å². The van der Waals surface area contributed by atoms with E-state index in [4.69, 9.17) is 14.2 Å². The fourth-order valence-corrected chi connectivity index (χ4v) is 3.98. The van der Waals surface area contributed by atoms with Gasteiger partial charge < -0.3 is 14.2 Å². The highest BCUT2D eigenvalue weighted by molar-refractivity contribution is 7.17. The maximum absolute atomic E-state index is 13.3. The number of aryl methyl sites for hydroxylation is 1. The molecule has 3 rings (SSSR count). The second kappa shape index (κ2) is 8.53. The van der Waals surface area contributed by atoms with Crippen LogP contribution >= 0.6 is 11.3 Å². The monoisotopic (exact) mass is 402 g/mol. The molecule has 0 aliphatic rings. The Hall–Kier alpha value is -2.71. The minimum Gasteiger partial charge on any atom is -0.497 e. The molecule has 0 spiro atoms. The molecule has 0 bridgehead atoms. The largest absolute Gasteiger partial charge is 0.497 e. The average molecular weight is 402 g/mol. The predicted octanol–water partition coefficient (Wildman–Crippen LogP) is 3.19. The zero-order chi connectivity index (χ0) is 20.3. The first-order valence-corrected chi connectivity index (χ1v) is 9.66. The maximum Gasteiger partial charge on any atom is 0.329 e. The minimum absolute atomic E-state index is 0.138. The van der Waals surface area contributed by atoms with E-state index < -0.39 is 12.0 Å². The van der Waals surface area contributed by atoms with Crippen LogP contribution in [0, 0.1) is 6.92 Å². The number of fused-ring (bicyclic) bond motifs is 1. The molecule has 2 aromatic heterocycles. The van der Waals surface area contributed by atoms with Gasteiger partial charge in [0, 0.05) is 18.1 Å². The molecule has 0 aliphatic heterocycles. The number of ether oxygens (including phenoxy) is 3. The lowest BCUT2D eigenvalue weighted by Gasteiger charge is -2.17. The van der Waals surface area contributed by atoms with Crippen LogP contribution in [0.3, 0.4) is 0 Å². The van der Waals surface area contributed by atoms with Crippen LogP contribution in [-0.2, 0) is 14.3 Å². The van der Waals surface area contributed by atoms with Gasteiger partial charge in [0.1, 0.15) is 29.1 Å². The van der Waals surface area contributed by atoms with Gasteiger partial charge in [-0.2, -0.15) is 0 Å². The van der Waals surface area contributed by atoms with Crippen LogP contribution in [0.4, 0.5) is 0 Å². The van der Waals surface area contributed by atoms with Crippen LogP contribution < -0.4 is 10.3 Å². The van der Waals surface area contributed by atoms with Crippen molar-refractivity contribution >= 4 is 27.5 Å². The summed E-state index contributed by atoms with van der Waals surface area (Å²) in [6.07, 6.45) is 0. The van der Waals surface area contributed by atoms with Crippen molar-refractivity contribution in [2.24, 2.45) is 0 Å². The van der Waals surface area contributed by atoms with Crippen molar-refractivity contribution in [1.29, 1.82) is 0 Å². The number of carbonyl (C=O) groups excluding carboxylic acids is 1. The van der Waals surface area contributed by atoms with Gasteiger partial charge in [0.05, 0.1) is 19.1 Å². The summed E-state index contributed by atoms with van der Waals surface area (Å²) in [4.78, 5) is 30.8. The van der Waals surface area contributed by atoms with Crippen LogP contribution in [-0.4, -0.2) is 43.0 Å². The molecule has 0 aliphatic carbocycles. The zero-order valence-electron chi connectivity index (χ0n) is 16.2. The molecule has 0 N–H and O–H groups in total. The number of benzene rings is 1. The molecule has 1 atom stereocenters. The molecule has 28 heavy (non-hydrogen) atoms. The zero-order valence-corrected chi connectivity index (χ0v) is 17.0. The van der Waals surface area contributed by atoms with Crippen molar-refractivity contribution in [3.05, 3.63) is 45.8 Å². The van der Waals surface area contributed by atoms with Gasteiger partial charge in [0.15, 0.2) is 0 Å². The van der Waals surface area contributed by atoms with Gasteiger partial charge in [-0.25, -0.2) is 9.78 Å². The summed E-state index contributed by atoms with van der Waals surface area (Å²) in [5.41, 5.74) is 1.41. The van der Waals surface area contributed by atoms with Crippen LogP contribution in [0.1, 0.15) is 18.8 Å². The quantitative estimate of drug-likeness (QED) is 0.446. The Bertz CT molecular complexity index is 1040. The number of methoxy groups -OCH3 is 2. The highest BCUT2D eigenvalue weighted by Gasteiger charge is 2.23. The van der Waals surface area contributed by atoms with Gasteiger partial charge >= 0.3 is 5.97 Å². The number of rotatable bonds is 7. The molecule has 8 heteroatoms. The highest BCUT2D eigenvalue weighted by atomic mass is 32.1. The molecular weight excluding hydrogens is 380 g/mol. The normalized spacial score (nSPS) is 12.1. The Morgan fingerprint density at radius 3 is 2.57 bits per heavy atom. The molecule has 0 saturated carbocycles. The second-order valence-electron chi connectivity index (χ2n) is 6.23. The van der Waals surface area contributed by atoms with Crippen molar-refractivity contribution in [3.8, 4) is 16.9 Å². The molecule has 7 nitrogen and oxygen atoms in total. The van der Waals surface area contributed by atoms with E-state index >= 15 is 0 Å². The molecule has 1 aromatic carbocycles. The van der Waals surface area contributed by atoms with E-state index in [1.165, 1.54) is 23.0 Å². The van der Waals surface area contributed by atoms with Crippen molar-refractivity contribution < 1.29 is 19.0 Å². The molecule has 2 heterocycles. The number of thiophene rings is 1. The first kappa shape index (κ1) is 20.0. The Balaban J connectivity index is 2.05. The summed E-state index contributed by atoms with van der Waals surface area (Å²) in [7, 11) is 3.13. The molecule has 0 saturated heterocycles. The molecule has 0 fully saturated rings. The summed E-state index contributed by atoms with van der Waals surface area (Å²) < 4.78 is 16.6. The smallest absolute Gasteiger partial charge is 0.329 e. The summed E-state index contributed by atoms with van der Waals surface area (Å²) in [5, 5.41) is 2.41. The molecule has 0 radical (unpaired) electrons. The summed E-state index contributed by atoms with van der Waals surface area (Å²) in [6, 6.07) is 6.69. The Kier molecular flexibility index (Phi) is 6.11. The first-order chi connectivity index (χ1) is 13.5. The van der Waals surface area contributed by atoms with Gasteiger partial charge in [-0.3, -0.25) is 9.36 Å². The van der Waals surface area contributed by atoms with Crippen molar-refractivity contribution in [3.63, 3.8) is 0 Å². The fraction of sp³-hybridized carbons (Fsp3) is 0.350. The summed E-state index contributed by atoms with van der Waals surface area (Å²) >= 11 is 1.40. The topological polar surface area (TPSA) is 79.7 Å². The third-order valence-corrected chi connectivity index (χ3v) is 5.35. The highest BCUT2D eigenvalue weighted by Crippen LogP contribution is 2.32. The van der Waals surface area contributed by atoms with Crippen LogP contribution in [0.25, 0.3) is 21.3 Å².